The zero-order valence-electron chi connectivity index (χ0n) is 23.4. The van der Waals surface area contributed by atoms with Crippen molar-refractivity contribution in [2.24, 2.45) is 11.8 Å². The smallest absolute Gasteiger partial charge is 0.237 e. The van der Waals surface area contributed by atoms with E-state index in [1.807, 2.05) is 42.5 Å². The molecular weight excluding hydrogens is 466 g/mol. The van der Waals surface area contributed by atoms with E-state index >= 15 is 0 Å². The third kappa shape index (κ3) is 7.79. The molecule has 3 rings (SSSR count). The van der Waals surface area contributed by atoms with Gasteiger partial charge in [0, 0.05) is 19.0 Å². The number of rotatable bonds is 14. The van der Waals surface area contributed by atoms with Crippen molar-refractivity contribution in [3.63, 3.8) is 0 Å². The third-order valence-electron chi connectivity index (χ3n) is 7.52. The molecular formula is C34H43N3O. The summed E-state index contributed by atoms with van der Waals surface area (Å²) in [6, 6.07) is 33.3. The highest BCUT2D eigenvalue weighted by molar-refractivity contribution is 5.81. The summed E-state index contributed by atoms with van der Waals surface area (Å²) in [5, 5.41) is 16.9. The minimum Gasteiger partial charge on any atom is -0.355 e. The van der Waals surface area contributed by atoms with Crippen LogP contribution in [0.25, 0.3) is 0 Å². The SMILES string of the molecule is CC(C)C[C@H](NCC(c1ccccc1)c1ccccc1)C(=O)NCCC[C@@](C#N)(c1ccccc1)C(C)C. The molecule has 0 bridgehead atoms. The van der Waals surface area contributed by atoms with Gasteiger partial charge in [-0.3, -0.25) is 4.79 Å². The molecule has 200 valence electrons. The highest BCUT2D eigenvalue weighted by Gasteiger charge is 2.35. The Bertz CT molecular complexity index is 1100. The molecule has 0 aliphatic heterocycles. The Balaban J connectivity index is 1.64. The first-order valence-corrected chi connectivity index (χ1v) is 13.9. The molecule has 0 aliphatic rings. The van der Waals surface area contributed by atoms with Gasteiger partial charge < -0.3 is 10.6 Å². The molecule has 0 saturated heterocycles. The number of hydrogen-bond acceptors (Lipinski definition) is 3. The number of amides is 1. The molecule has 4 heteroatoms. The molecule has 0 saturated carbocycles. The summed E-state index contributed by atoms with van der Waals surface area (Å²) in [4.78, 5) is 13.3. The van der Waals surface area contributed by atoms with Crippen molar-refractivity contribution in [2.45, 2.75) is 64.3 Å². The Morgan fingerprint density at radius 1 is 0.842 bits per heavy atom. The second-order valence-corrected chi connectivity index (χ2v) is 11.0. The van der Waals surface area contributed by atoms with E-state index in [1.54, 1.807) is 0 Å². The summed E-state index contributed by atoms with van der Waals surface area (Å²) in [6.45, 7) is 9.74. The molecule has 0 aliphatic carbocycles. The van der Waals surface area contributed by atoms with Crippen molar-refractivity contribution in [1.82, 2.24) is 10.6 Å². The average Bonchev–Trinajstić information content (AvgIpc) is 2.94. The number of carbonyl (C=O) groups is 1. The quantitative estimate of drug-likeness (QED) is 0.234. The fraction of sp³-hybridized carbons (Fsp3) is 0.412. The Hall–Kier alpha value is -3.42. The standard InChI is InChI=1S/C34H43N3O/c1-26(2)23-32(37-24-31(28-15-8-5-9-16-28)29-17-10-6-11-18-29)33(38)36-22-14-21-34(25-35,27(3)4)30-19-12-7-13-20-30/h5-13,15-20,26-27,31-32,37H,14,21-24H2,1-4H3,(H,36,38)/t32-,34-/m0/s1. The van der Waals surface area contributed by atoms with Crippen LogP contribution in [0.3, 0.4) is 0 Å². The van der Waals surface area contributed by atoms with Gasteiger partial charge in [-0.15, -0.1) is 0 Å². The van der Waals surface area contributed by atoms with Gasteiger partial charge in [0.1, 0.15) is 0 Å². The van der Waals surface area contributed by atoms with E-state index in [1.165, 1.54) is 11.1 Å². The van der Waals surface area contributed by atoms with Gasteiger partial charge in [0.05, 0.1) is 17.5 Å². The number of nitriles is 1. The Morgan fingerprint density at radius 3 is 1.84 bits per heavy atom. The summed E-state index contributed by atoms with van der Waals surface area (Å²) >= 11 is 0. The van der Waals surface area contributed by atoms with Crippen molar-refractivity contribution >= 4 is 5.91 Å². The largest absolute Gasteiger partial charge is 0.355 e. The maximum atomic E-state index is 13.3. The van der Waals surface area contributed by atoms with Gasteiger partial charge in [0.2, 0.25) is 5.91 Å². The topological polar surface area (TPSA) is 64.9 Å². The molecule has 0 heterocycles. The lowest BCUT2D eigenvalue weighted by molar-refractivity contribution is -0.123. The number of carbonyl (C=O) groups excluding carboxylic acids is 1. The predicted molar refractivity (Wildman–Crippen MR) is 157 cm³/mol. The van der Waals surface area contributed by atoms with E-state index in [9.17, 15) is 10.1 Å². The maximum absolute atomic E-state index is 13.3. The summed E-state index contributed by atoms with van der Waals surface area (Å²) in [5.41, 5.74) is 2.96. The predicted octanol–water partition coefficient (Wildman–Crippen LogP) is 6.84. The average molecular weight is 510 g/mol. The first-order chi connectivity index (χ1) is 18.4. The van der Waals surface area contributed by atoms with Gasteiger partial charge in [-0.25, -0.2) is 0 Å². The molecule has 3 aromatic rings. The molecule has 2 atom stereocenters. The molecule has 0 spiro atoms. The Kier molecular flexibility index (Phi) is 11.1. The Labute approximate surface area is 229 Å². The van der Waals surface area contributed by atoms with Crippen molar-refractivity contribution in [2.75, 3.05) is 13.1 Å². The number of nitrogens with zero attached hydrogens (tertiary/aromatic N) is 1. The van der Waals surface area contributed by atoms with Gasteiger partial charge in [-0.2, -0.15) is 5.26 Å². The van der Waals surface area contributed by atoms with Crippen LogP contribution in [0.2, 0.25) is 0 Å². The second-order valence-electron chi connectivity index (χ2n) is 11.0. The fourth-order valence-corrected chi connectivity index (χ4v) is 5.27. The lowest BCUT2D eigenvalue weighted by atomic mass is 9.70. The summed E-state index contributed by atoms with van der Waals surface area (Å²) in [7, 11) is 0. The van der Waals surface area contributed by atoms with Crippen molar-refractivity contribution in [1.29, 1.82) is 5.26 Å². The van der Waals surface area contributed by atoms with Crippen molar-refractivity contribution in [3.05, 3.63) is 108 Å². The van der Waals surface area contributed by atoms with Crippen LogP contribution in [0.5, 0.6) is 0 Å². The summed E-state index contributed by atoms with van der Waals surface area (Å²) < 4.78 is 0. The molecule has 0 aromatic heterocycles. The van der Waals surface area contributed by atoms with E-state index < -0.39 is 5.41 Å². The molecule has 0 radical (unpaired) electrons. The fourth-order valence-electron chi connectivity index (χ4n) is 5.27. The van der Waals surface area contributed by atoms with Crippen LogP contribution >= 0.6 is 0 Å². The minimum atomic E-state index is -0.555. The Morgan fingerprint density at radius 2 is 1.37 bits per heavy atom. The molecule has 2 N–H and O–H groups in total. The van der Waals surface area contributed by atoms with Crippen LogP contribution in [-0.2, 0) is 10.2 Å². The molecule has 0 fully saturated rings. The van der Waals surface area contributed by atoms with Gasteiger partial charge in [-0.05, 0) is 47.8 Å². The van der Waals surface area contributed by atoms with E-state index in [0.29, 0.717) is 25.4 Å². The maximum Gasteiger partial charge on any atom is 0.237 e. The number of benzene rings is 3. The molecule has 1 amide bonds. The first kappa shape index (κ1) is 29.1. The van der Waals surface area contributed by atoms with Gasteiger partial charge >= 0.3 is 0 Å². The van der Waals surface area contributed by atoms with Crippen LogP contribution in [0.15, 0.2) is 91.0 Å². The van der Waals surface area contributed by atoms with Crippen LogP contribution in [0.4, 0.5) is 0 Å². The van der Waals surface area contributed by atoms with Crippen LogP contribution in [0, 0.1) is 23.2 Å². The summed E-state index contributed by atoms with van der Waals surface area (Å²) in [5.74, 6) is 0.752. The normalized spacial score (nSPS) is 13.7. The lowest BCUT2D eigenvalue weighted by Gasteiger charge is -2.31. The van der Waals surface area contributed by atoms with E-state index in [4.69, 9.17) is 0 Å². The highest BCUT2D eigenvalue weighted by atomic mass is 16.2. The minimum absolute atomic E-state index is 0.0328. The zero-order valence-corrected chi connectivity index (χ0v) is 23.4. The van der Waals surface area contributed by atoms with Crippen LogP contribution < -0.4 is 10.6 Å². The first-order valence-electron chi connectivity index (χ1n) is 13.9. The lowest BCUT2D eigenvalue weighted by Crippen LogP contribution is -2.46. The van der Waals surface area contributed by atoms with Gasteiger partial charge in [0.15, 0.2) is 0 Å². The molecule has 38 heavy (non-hydrogen) atoms. The highest BCUT2D eigenvalue weighted by Crippen LogP contribution is 2.36. The van der Waals surface area contributed by atoms with Crippen LogP contribution in [-0.4, -0.2) is 25.0 Å². The van der Waals surface area contributed by atoms with E-state index in [0.717, 1.165) is 18.4 Å². The van der Waals surface area contributed by atoms with Gasteiger partial charge in [-0.1, -0.05) is 119 Å². The molecule has 4 nitrogen and oxygen atoms in total. The third-order valence-corrected chi connectivity index (χ3v) is 7.52. The monoisotopic (exact) mass is 509 g/mol. The zero-order chi connectivity index (χ0) is 27.4. The number of hydrogen-bond donors (Lipinski definition) is 2. The second kappa shape index (κ2) is 14.5. The van der Waals surface area contributed by atoms with E-state index in [2.05, 4.69) is 92.9 Å². The van der Waals surface area contributed by atoms with Crippen molar-refractivity contribution in [3.8, 4) is 6.07 Å². The number of nitrogens with one attached hydrogen (secondary N) is 2. The van der Waals surface area contributed by atoms with Gasteiger partial charge in [0.25, 0.3) is 0 Å². The van der Waals surface area contributed by atoms with Crippen molar-refractivity contribution < 1.29 is 4.79 Å². The van der Waals surface area contributed by atoms with E-state index in [-0.39, 0.29) is 23.8 Å². The molecule has 3 aromatic carbocycles. The van der Waals surface area contributed by atoms with Crippen LogP contribution in [0.1, 0.15) is 69.6 Å². The molecule has 0 unspecified atom stereocenters. The summed E-state index contributed by atoms with van der Waals surface area (Å²) in [6.07, 6.45) is 2.22.